The van der Waals surface area contributed by atoms with Gasteiger partial charge >= 0.3 is 0 Å². The molecule has 0 spiro atoms. The molecule has 0 aliphatic carbocycles. The SMILES string of the molecule is CCC(C)CNC(=O)c1cc(C)ccc1C#CCO. The Balaban J connectivity index is 2.90. The summed E-state index contributed by atoms with van der Waals surface area (Å²) in [6.07, 6.45) is 1.03. The van der Waals surface area contributed by atoms with Crippen molar-refractivity contribution in [1.29, 1.82) is 0 Å². The molecule has 19 heavy (non-hydrogen) atoms. The lowest BCUT2D eigenvalue weighted by Crippen LogP contribution is -2.28. The van der Waals surface area contributed by atoms with Crippen molar-refractivity contribution in [2.45, 2.75) is 27.2 Å². The summed E-state index contributed by atoms with van der Waals surface area (Å²) >= 11 is 0. The lowest BCUT2D eigenvalue weighted by molar-refractivity contribution is 0.0947. The van der Waals surface area contributed by atoms with Crippen LogP contribution in [0.2, 0.25) is 0 Å². The van der Waals surface area contributed by atoms with Crippen LogP contribution in [0.5, 0.6) is 0 Å². The summed E-state index contributed by atoms with van der Waals surface area (Å²) in [5.41, 5.74) is 2.24. The smallest absolute Gasteiger partial charge is 0.252 e. The molecular weight excluding hydrogens is 238 g/mol. The molecule has 0 aromatic heterocycles. The summed E-state index contributed by atoms with van der Waals surface area (Å²) in [5.74, 6) is 5.75. The second-order valence-electron chi connectivity index (χ2n) is 4.73. The molecule has 1 amide bonds. The summed E-state index contributed by atoms with van der Waals surface area (Å²) in [5, 5.41) is 11.7. The van der Waals surface area contributed by atoms with Crippen molar-refractivity contribution in [1.82, 2.24) is 5.32 Å². The standard InChI is InChI=1S/C16H21NO2/c1-4-12(2)11-17-16(19)15-10-13(3)7-8-14(15)6-5-9-18/h7-8,10,12,18H,4,9,11H2,1-3H3,(H,17,19). The van der Waals surface area contributed by atoms with Crippen LogP contribution in [0.3, 0.4) is 0 Å². The van der Waals surface area contributed by atoms with E-state index in [1.165, 1.54) is 0 Å². The van der Waals surface area contributed by atoms with Crippen molar-refractivity contribution in [2.24, 2.45) is 5.92 Å². The summed E-state index contributed by atoms with van der Waals surface area (Å²) in [6.45, 7) is 6.59. The van der Waals surface area contributed by atoms with E-state index in [2.05, 4.69) is 31.0 Å². The highest BCUT2D eigenvalue weighted by Crippen LogP contribution is 2.11. The van der Waals surface area contributed by atoms with Crippen LogP contribution in [0.15, 0.2) is 18.2 Å². The zero-order valence-electron chi connectivity index (χ0n) is 11.8. The Bertz CT molecular complexity index is 497. The highest BCUT2D eigenvalue weighted by molar-refractivity contribution is 5.96. The van der Waals surface area contributed by atoms with E-state index in [1.807, 2.05) is 25.1 Å². The topological polar surface area (TPSA) is 49.3 Å². The summed E-state index contributed by atoms with van der Waals surface area (Å²) in [6, 6.07) is 5.55. The Labute approximate surface area is 115 Å². The number of carbonyl (C=O) groups excluding carboxylic acids is 1. The Kier molecular flexibility index (Phi) is 6.11. The number of aliphatic hydroxyl groups excluding tert-OH is 1. The van der Waals surface area contributed by atoms with Crippen molar-refractivity contribution in [3.05, 3.63) is 34.9 Å². The van der Waals surface area contributed by atoms with Gasteiger partial charge in [-0.1, -0.05) is 43.7 Å². The molecule has 3 heteroatoms. The fourth-order valence-corrected chi connectivity index (χ4v) is 1.60. The molecule has 1 unspecified atom stereocenters. The maximum atomic E-state index is 12.2. The molecule has 1 rings (SSSR count). The molecule has 1 aromatic carbocycles. The van der Waals surface area contributed by atoms with E-state index in [0.717, 1.165) is 12.0 Å². The molecule has 0 radical (unpaired) electrons. The van der Waals surface area contributed by atoms with Gasteiger partial charge in [-0.3, -0.25) is 4.79 Å². The van der Waals surface area contributed by atoms with Gasteiger partial charge in [0.1, 0.15) is 6.61 Å². The van der Waals surface area contributed by atoms with Gasteiger partial charge in [-0.15, -0.1) is 0 Å². The lowest BCUT2D eigenvalue weighted by atomic mass is 10.0. The minimum absolute atomic E-state index is 0.105. The number of carbonyl (C=O) groups is 1. The van der Waals surface area contributed by atoms with Gasteiger partial charge in [-0.25, -0.2) is 0 Å². The fraction of sp³-hybridized carbons (Fsp3) is 0.438. The molecule has 0 aliphatic heterocycles. The number of hydrogen-bond donors (Lipinski definition) is 2. The van der Waals surface area contributed by atoms with E-state index in [0.29, 0.717) is 23.6 Å². The molecular formula is C16H21NO2. The van der Waals surface area contributed by atoms with Crippen LogP contribution in [-0.2, 0) is 0 Å². The number of amides is 1. The number of nitrogens with one attached hydrogen (secondary N) is 1. The first-order valence-corrected chi connectivity index (χ1v) is 6.57. The molecule has 0 bridgehead atoms. The number of aliphatic hydroxyl groups is 1. The van der Waals surface area contributed by atoms with E-state index < -0.39 is 0 Å². The Morgan fingerprint density at radius 1 is 1.47 bits per heavy atom. The van der Waals surface area contributed by atoms with Crippen LogP contribution in [0.4, 0.5) is 0 Å². The van der Waals surface area contributed by atoms with Crippen LogP contribution in [0.1, 0.15) is 41.8 Å². The van der Waals surface area contributed by atoms with Crippen molar-refractivity contribution in [2.75, 3.05) is 13.2 Å². The third-order valence-electron chi connectivity index (χ3n) is 3.03. The normalized spacial score (nSPS) is 11.4. The quantitative estimate of drug-likeness (QED) is 0.814. The number of hydrogen-bond acceptors (Lipinski definition) is 2. The average molecular weight is 259 g/mol. The molecule has 102 valence electrons. The zero-order valence-corrected chi connectivity index (χ0v) is 11.8. The van der Waals surface area contributed by atoms with Gasteiger partial charge in [0.25, 0.3) is 5.91 Å². The molecule has 2 N–H and O–H groups in total. The van der Waals surface area contributed by atoms with Crippen LogP contribution in [0.25, 0.3) is 0 Å². The van der Waals surface area contributed by atoms with E-state index in [9.17, 15) is 4.79 Å². The molecule has 0 saturated heterocycles. The first-order chi connectivity index (χ1) is 9.08. The van der Waals surface area contributed by atoms with Crippen LogP contribution in [0, 0.1) is 24.7 Å². The maximum absolute atomic E-state index is 12.2. The molecule has 3 nitrogen and oxygen atoms in total. The summed E-state index contributed by atoms with van der Waals surface area (Å²) in [7, 11) is 0. The Morgan fingerprint density at radius 3 is 2.84 bits per heavy atom. The van der Waals surface area contributed by atoms with Crippen LogP contribution < -0.4 is 5.32 Å². The third-order valence-corrected chi connectivity index (χ3v) is 3.03. The molecule has 0 fully saturated rings. The minimum Gasteiger partial charge on any atom is -0.384 e. The molecule has 0 saturated carbocycles. The maximum Gasteiger partial charge on any atom is 0.252 e. The molecule has 0 aliphatic rings. The first kappa shape index (κ1) is 15.3. The first-order valence-electron chi connectivity index (χ1n) is 6.57. The van der Waals surface area contributed by atoms with E-state index in [4.69, 9.17) is 5.11 Å². The minimum atomic E-state index is -0.207. The Hall–Kier alpha value is -1.79. The van der Waals surface area contributed by atoms with E-state index in [1.54, 1.807) is 0 Å². The van der Waals surface area contributed by atoms with Crippen molar-refractivity contribution in [3.8, 4) is 11.8 Å². The second kappa shape index (κ2) is 7.60. The van der Waals surface area contributed by atoms with Gasteiger partial charge in [-0.05, 0) is 25.0 Å². The van der Waals surface area contributed by atoms with E-state index >= 15 is 0 Å². The average Bonchev–Trinajstić information content (AvgIpc) is 2.42. The van der Waals surface area contributed by atoms with Crippen molar-refractivity contribution >= 4 is 5.91 Å². The highest BCUT2D eigenvalue weighted by Gasteiger charge is 2.11. The van der Waals surface area contributed by atoms with Gasteiger partial charge in [0, 0.05) is 12.1 Å². The predicted octanol–water partition coefficient (Wildman–Crippen LogP) is 2.11. The monoisotopic (exact) mass is 259 g/mol. The summed E-state index contributed by atoms with van der Waals surface area (Å²) < 4.78 is 0. The van der Waals surface area contributed by atoms with Gasteiger partial charge in [0.05, 0.1) is 5.56 Å². The Morgan fingerprint density at radius 2 is 2.21 bits per heavy atom. The largest absolute Gasteiger partial charge is 0.384 e. The molecule has 1 aromatic rings. The lowest BCUT2D eigenvalue weighted by Gasteiger charge is -2.11. The molecule has 1 atom stereocenters. The van der Waals surface area contributed by atoms with Crippen molar-refractivity contribution in [3.63, 3.8) is 0 Å². The van der Waals surface area contributed by atoms with Gasteiger partial charge in [0.2, 0.25) is 0 Å². The van der Waals surface area contributed by atoms with Gasteiger partial charge in [0.15, 0.2) is 0 Å². The van der Waals surface area contributed by atoms with Crippen molar-refractivity contribution < 1.29 is 9.90 Å². The predicted molar refractivity (Wildman–Crippen MR) is 76.9 cm³/mol. The van der Waals surface area contributed by atoms with E-state index in [-0.39, 0.29) is 12.5 Å². The second-order valence-corrected chi connectivity index (χ2v) is 4.73. The van der Waals surface area contributed by atoms with Gasteiger partial charge in [-0.2, -0.15) is 0 Å². The van der Waals surface area contributed by atoms with Gasteiger partial charge < -0.3 is 10.4 Å². The van der Waals surface area contributed by atoms with Crippen LogP contribution in [-0.4, -0.2) is 24.2 Å². The number of rotatable bonds is 4. The number of benzene rings is 1. The molecule has 0 heterocycles. The third kappa shape index (κ3) is 4.76. The van der Waals surface area contributed by atoms with Crippen LogP contribution >= 0.6 is 0 Å². The number of aryl methyl sites for hydroxylation is 1. The highest BCUT2D eigenvalue weighted by atomic mass is 16.2. The summed E-state index contributed by atoms with van der Waals surface area (Å²) in [4.78, 5) is 12.2. The fourth-order valence-electron chi connectivity index (χ4n) is 1.60. The zero-order chi connectivity index (χ0) is 14.3.